The summed E-state index contributed by atoms with van der Waals surface area (Å²) < 4.78 is 7.83. The summed E-state index contributed by atoms with van der Waals surface area (Å²) in [5.41, 5.74) is 9.21. The molecule has 0 fully saturated rings. The molecule has 282 valence electrons. The van der Waals surface area contributed by atoms with Gasteiger partial charge in [0.1, 0.15) is 0 Å². The third kappa shape index (κ3) is 7.03. The minimum Gasteiger partial charge on any atom is -0.338 e. The second-order valence-corrected chi connectivity index (χ2v) is 19.8. The zero-order valence-electron chi connectivity index (χ0n) is 34.2. The average Bonchev–Trinajstić information content (AvgIpc) is 3.86. The van der Waals surface area contributed by atoms with Crippen molar-refractivity contribution >= 4 is 84.8 Å². The zero-order chi connectivity index (χ0) is 39.5. The molecule has 0 atom stereocenters. The van der Waals surface area contributed by atoms with Crippen LogP contribution in [0.4, 0.5) is 0 Å². The molecule has 0 bridgehead atoms. The molecular formula is C54H49NS2. The van der Waals surface area contributed by atoms with E-state index in [0.29, 0.717) is 0 Å². The van der Waals surface area contributed by atoms with Gasteiger partial charge in [0, 0.05) is 79.9 Å². The van der Waals surface area contributed by atoms with Gasteiger partial charge in [-0.3, -0.25) is 0 Å². The van der Waals surface area contributed by atoms with Gasteiger partial charge in [-0.05, 0) is 101 Å². The number of unbranched alkanes of at least 4 members (excludes halogenated alkanes) is 3. The number of rotatable bonds is 5. The summed E-state index contributed by atoms with van der Waals surface area (Å²) in [4.78, 5) is 0. The highest BCUT2D eigenvalue weighted by Crippen LogP contribution is 2.40. The fourth-order valence-corrected chi connectivity index (χ4v) is 10.4. The van der Waals surface area contributed by atoms with Gasteiger partial charge in [-0.25, -0.2) is 0 Å². The van der Waals surface area contributed by atoms with Crippen LogP contribution in [-0.2, 0) is 17.4 Å². The lowest BCUT2D eigenvalue weighted by Gasteiger charge is -2.20. The minimum absolute atomic E-state index is 0.0522. The number of aromatic nitrogens is 1. The lowest BCUT2D eigenvalue weighted by Crippen LogP contribution is -2.11. The van der Waals surface area contributed by atoms with Crippen LogP contribution < -0.4 is 0 Å². The van der Waals surface area contributed by atoms with E-state index in [1.807, 2.05) is 22.7 Å². The van der Waals surface area contributed by atoms with E-state index in [9.17, 15) is 0 Å². The van der Waals surface area contributed by atoms with Crippen molar-refractivity contribution < 1.29 is 0 Å². The van der Waals surface area contributed by atoms with E-state index in [4.69, 9.17) is 0 Å². The summed E-state index contributed by atoms with van der Waals surface area (Å²) in [6.07, 6.45) is 4.75. The van der Waals surface area contributed by atoms with E-state index < -0.39 is 0 Å². The summed E-state index contributed by atoms with van der Waals surface area (Å²) >= 11 is 3.70. The lowest BCUT2D eigenvalue weighted by atomic mass is 9.83. The first-order valence-corrected chi connectivity index (χ1v) is 22.1. The predicted octanol–water partition coefficient (Wildman–Crippen LogP) is 15.5. The molecule has 0 saturated heterocycles. The van der Waals surface area contributed by atoms with Gasteiger partial charge >= 0.3 is 0 Å². The summed E-state index contributed by atoms with van der Waals surface area (Å²) in [6.45, 7) is 17.1. The molecule has 0 radical (unpaired) electrons. The highest BCUT2D eigenvalue weighted by atomic mass is 32.1. The van der Waals surface area contributed by atoms with Gasteiger partial charge in [-0.15, -0.1) is 22.7 Å². The fourth-order valence-electron chi connectivity index (χ4n) is 8.24. The average molecular weight is 776 g/mol. The summed E-state index contributed by atoms with van der Waals surface area (Å²) in [7, 11) is 0. The quantitative estimate of drug-likeness (QED) is 0.121. The maximum atomic E-state index is 3.77. The highest BCUT2D eigenvalue weighted by Gasteiger charge is 2.24. The third-order valence-corrected chi connectivity index (χ3v) is 13.8. The maximum absolute atomic E-state index is 3.77. The van der Waals surface area contributed by atoms with Crippen LogP contribution in [0.25, 0.3) is 62.2 Å². The molecule has 0 unspecified atom stereocenters. The molecule has 9 aromatic rings. The number of hydrogen-bond donors (Lipinski definition) is 0. The molecule has 0 aliphatic carbocycles. The van der Waals surface area contributed by atoms with Crippen molar-refractivity contribution in [3.8, 4) is 23.7 Å². The Morgan fingerprint density at radius 1 is 0.456 bits per heavy atom. The minimum atomic E-state index is -0.0522. The van der Waals surface area contributed by atoms with E-state index in [0.717, 1.165) is 35.2 Å². The van der Waals surface area contributed by atoms with Crippen molar-refractivity contribution in [2.75, 3.05) is 0 Å². The molecule has 0 aliphatic rings. The molecule has 0 amide bonds. The molecule has 3 aromatic heterocycles. The van der Waals surface area contributed by atoms with Crippen molar-refractivity contribution in [2.24, 2.45) is 0 Å². The van der Waals surface area contributed by atoms with E-state index >= 15 is 0 Å². The van der Waals surface area contributed by atoms with Crippen LogP contribution in [0.2, 0.25) is 0 Å². The van der Waals surface area contributed by atoms with Gasteiger partial charge in [-0.1, -0.05) is 128 Å². The van der Waals surface area contributed by atoms with Crippen LogP contribution in [0.5, 0.6) is 0 Å². The number of thiophene rings is 2. The van der Waals surface area contributed by atoms with Gasteiger partial charge in [0.15, 0.2) is 0 Å². The standard InChI is InChI=1S/C54H49NS2/c1-8-9-10-15-28-55-51-37(24-20-35-22-26-49-43(29-35)41-16-11-13-18-47(41)56-49)31-39(53(2,3)4)33-45(51)46-34-40(54(5,6)7)32-38(52(46)55)25-21-36-23-27-50-44(30-36)42-17-12-14-19-48(42)57-50/h11-14,16-19,22-23,26-27,29-34H,8-10,15,28H2,1-7H3. The fraction of sp³-hybridized carbons (Fsp3) is 0.259. The van der Waals surface area contributed by atoms with E-state index in [2.05, 4.69) is 186 Å². The summed E-state index contributed by atoms with van der Waals surface area (Å²) in [5, 5.41) is 7.72. The van der Waals surface area contributed by atoms with Crippen LogP contribution in [0.1, 0.15) is 108 Å². The number of aryl methyl sites for hydroxylation is 1. The monoisotopic (exact) mass is 775 g/mol. The van der Waals surface area contributed by atoms with Crippen LogP contribution in [0, 0.1) is 23.7 Å². The van der Waals surface area contributed by atoms with Crippen molar-refractivity contribution in [3.05, 3.63) is 143 Å². The van der Waals surface area contributed by atoms with Crippen LogP contribution in [0.3, 0.4) is 0 Å². The Labute approximate surface area is 345 Å². The molecule has 3 heterocycles. The maximum Gasteiger partial charge on any atom is 0.0651 e. The first-order valence-electron chi connectivity index (χ1n) is 20.5. The van der Waals surface area contributed by atoms with Gasteiger partial charge in [0.05, 0.1) is 11.0 Å². The molecule has 9 rings (SSSR count). The van der Waals surface area contributed by atoms with Crippen molar-refractivity contribution in [2.45, 2.75) is 91.5 Å². The molecule has 0 N–H and O–H groups in total. The van der Waals surface area contributed by atoms with E-state index in [1.54, 1.807) is 0 Å². The van der Waals surface area contributed by atoms with Gasteiger partial charge in [0.2, 0.25) is 0 Å². The first-order chi connectivity index (χ1) is 27.5. The van der Waals surface area contributed by atoms with Crippen molar-refractivity contribution in [1.29, 1.82) is 0 Å². The second-order valence-electron chi connectivity index (χ2n) is 17.7. The van der Waals surface area contributed by atoms with E-state index in [1.165, 1.54) is 92.5 Å². The Kier molecular flexibility index (Phi) is 9.52. The van der Waals surface area contributed by atoms with E-state index in [-0.39, 0.29) is 10.8 Å². The smallest absolute Gasteiger partial charge is 0.0651 e. The lowest BCUT2D eigenvalue weighted by molar-refractivity contribution is 0.590. The predicted molar refractivity (Wildman–Crippen MR) is 252 cm³/mol. The van der Waals surface area contributed by atoms with Crippen molar-refractivity contribution in [1.82, 2.24) is 4.57 Å². The third-order valence-electron chi connectivity index (χ3n) is 11.5. The molecule has 0 saturated carbocycles. The van der Waals surface area contributed by atoms with Gasteiger partial charge in [0.25, 0.3) is 0 Å². The highest BCUT2D eigenvalue weighted by molar-refractivity contribution is 7.26. The summed E-state index contributed by atoms with van der Waals surface area (Å²) in [6, 6.07) is 40.5. The molecule has 6 aromatic carbocycles. The molecule has 3 heteroatoms. The number of fused-ring (bicyclic) bond motifs is 9. The summed E-state index contributed by atoms with van der Waals surface area (Å²) in [5.74, 6) is 14.9. The Morgan fingerprint density at radius 2 is 0.912 bits per heavy atom. The first kappa shape index (κ1) is 37.3. The largest absolute Gasteiger partial charge is 0.338 e. The van der Waals surface area contributed by atoms with Gasteiger partial charge < -0.3 is 4.57 Å². The molecule has 0 spiro atoms. The zero-order valence-corrected chi connectivity index (χ0v) is 35.8. The Bertz CT molecular complexity index is 2940. The Morgan fingerprint density at radius 3 is 1.37 bits per heavy atom. The SMILES string of the molecule is CCCCCCn1c2c(C#Cc3ccc4sc5ccccc5c4c3)cc(C(C)(C)C)cc2c2cc(C(C)(C)C)cc(C#Cc3ccc4sc5ccccc5c4c3)c21. The van der Waals surface area contributed by atoms with Crippen LogP contribution in [0.15, 0.2) is 109 Å². The number of benzene rings is 6. The molecular weight excluding hydrogens is 727 g/mol. The molecule has 0 aliphatic heterocycles. The topological polar surface area (TPSA) is 4.93 Å². The number of hydrogen-bond acceptors (Lipinski definition) is 2. The molecule has 1 nitrogen and oxygen atoms in total. The van der Waals surface area contributed by atoms with Gasteiger partial charge in [-0.2, -0.15) is 0 Å². The van der Waals surface area contributed by atoms with Crippen LogP contribution in [-0.4, -0.2) is 4.57 Å². The van der Waals surface area contributed by atoms with Crippen LogP contribution >= 0.6 is 22.7 Å². The second kappa shape index (κ2) is 14.6. The number of nitrogens with zero attached hydrogens (tertiary/aromatic N) is 1. The van der Waals surface area contributed by atoms with Crippen molar-refractivity contribution in [3.63, 3.8) is 0 Å². The molecule has 57 heavy (non-hydrogen) atoms. The normalized spacial score (nSPS) is 12.2. The Hall–Kier alpha value is -5.32. The Balaban J connectivity index is 1.29.